The molecular formula is C22H16N2. The Hall–Kier alpha value is -3.31. The first-order valence-corrected chi connectivity index (χ1v) is 7.92. The van der Waals surface area contributed by atoms with Crippen molar-refractivity contribution in [2.45, 2.75) is 6.92 Å². The molecule has 24 heavy (non-hydrogen) atoms. The Labute approximate surface area is 141 Å². The number of nitrogens with one attached hydrogen (secondary N) is 1. The van der Waals surface area contributed by atoms with Crippen LogP contribution in [0.25, 0.3) is 22.2 Å². The summed E-state index contributed by atoms with van der Waals surface area (Å²) in [6, 6.07) is 24.6. The Bertz CT molecular complexity index is 1060. The summed E-state index contributed by atoms with van der Waals surface area (Å²) < 4.78 is 0. The van der Waals surface area contributed by atoms with Gasteiger partial charge in [0.2, 0.25) is 0 Å². The average Bonchev–Trinajstić information content (AvgIpc) is 3.05. The summed E-state index contributed by atoms with van der Waals surface area (Å²) in [5.74, 6) is 6.55. The van der Waals surface area contributed by atoms with Gasteiger partial charge in [-0.3, -0.25) is 5.10 Å². The van der Waals surface area contributed by atoms with Crippen molar-refractivity contribution in [3.8, 4) is 23.1 Å². The topological polar surface area (TPSA) is 28.7 Å². The van der Waals surface area contributed by atoms with Crippen molar-refractivity contribution in [1.82, 2.24) is 10.2 Å². The van der Waals surface area contributed by atoms with E-state index in [1.54, 1.807) is 0 Å². The second kappa shape index (κ2) is 6.06. The highest BCUT2D eigenvalue weighted by Crippen LogP contribution is 2.28. The molecule has 1 N–H and O–H groups in total. The van der Waals surface area contributed by atoms with E-state index in [0.717, 1.165) is 33.3 Å². The molecule has 0 saturated heterocycles. The number of aromatic nitrogens is 2. The molecule has 0 aliphatic carbocycles. The lowest BCUT2D eigenvalue weighted by molar-refractivity contribution is 1.12. The van der Waals surface area contributed by atoms with Crippen LogP contribution in [0, 0.1) is 18.8 Å². The average molecular weight is 308 g/mol. The van der Waals surface area contributed by atoms with Gasteiger partial charge in [0.1, 0.15) is 5.69 Å². The van der Waals surface area contributed by atoms with Crippen LogP contribution in [-0.4, -0.2) is 10.2 Å². The molecule has 1 aromatic heterocycles. The van der Waals surface area contributed by atoms with Crippen LogP contribution in [0.4, 0.5) is 0 Å². The molecule has 0 spiro atoms. The molecule has 0 unspecified atom stereocenters. The van der Waals surface area contributed by atoms with Gasteiger partial charge in [0.25, 0.3) is 0 Å². The summed E-state index contributed by atoms with van der Waals surface area (Å²) in [5.41, 5.74) is 6.27. The predicted octanol–water partition coefficient (Wildman–Crippen LogP) is 4.94. The standard InChI is InChI=1S/C22H16N2/c1-16-10-12-17(13-11-16)14-15-18-6-2-3-7-19(18)22-20-8-4-5-9-21(20)23-24-22/h2-13H,1H3,(H,23,24). The van der Waals surface area contributed by atoms with E-state index in [4.69, 9.17) is 0 Å². The van der Waals surface area contributed by atoms with Crippen LogP contribution in [0.3, 0.4) is 0 Å². The summed E-state index contributed by atoms with van der Waals surface area (Å²) in [4.78, 5) is 0. The van der Waals surface area contributed by atoms with Crippen molar-refractivity contribution in [3.05, 3.63) is 89.5 Å². The van der Waals surface area contributed by atoms with Gasteiger partial charge in [0.15, 0.2) is 0 Å². The van der Waals surface area contributed by atoms with Gasteiger partial charge >= 0.3 is 0 Å². The quantitative estimate of drug-likeness (QED) is 0.496. The molecule has 0 aliphatic heterocycles. The predicted molar refractivity (Wildman–Crippen MR) is 98.7 cm³/mol. The van der Waals surface area contributed by atoms with Crippen molar-refractivity contribution >= 4 is 10.9 Å². The lowest BCUT2D eigenvalue weighted by atomic mass is 10.0. The molecule has 0 amide bonds. The Balaban J connectivity index is 1.80. The third-order valence-corrected chi connectivity index (χ3v) is 4.05. The second-order valence-electron chi connectivity index (χ2n) is 5.78. The molecule has 2 heteroatoms. The van der Waals surface area contributed by atoms with E-state index in [0.29, 0.717) is 0 Å². The van der Waals surface area contributed by atoms with Gasteiger partial charge in [-0.1, -0.05) is 65.9 Å². The van der Waals surface area contributed by atoms with Gasteiger partial charge in [-0.15, -0.1) is 0 Å². The minimum absolute atomic E-state index is 0.944. The lowest BCUT2D eigenvalue weighted by Gasteiger charge is -2.01. The number of para-hydroxylation sites is 1. The number of fused-ring (bicyclic) bond motifs is 1. The number of rotatable bonds is 1. The van der Waals surface area contributed by atoms with Crippen LogP contribution in [0.15, 0.2) is 72.8 Å². The molecule has 3 aromatic carbocycles. The molecule has 0 atom stereocenters. The summed E-state index contributed by atoms with van der Waals surface area (Å²) in [5, 5.41) is 8.71. The molecule has 0 saturated carbocycles. The number of H-pyrrole nitrogens is 1. The van der Waals surface area contributed by atoms with Crippen molar-refractivity contribution in [2.75, 3.05) is 0 Å². The van der Waals surface area contributed by atoms with E-state index < -0.39 is 0 Å². The van der Waals surface area contributed by atoms with Crippen molar-refractivity contribution in [1.29, 1.82) is 0 Å². The van der Waals surface area contributed by atoms with Crippen LogP contribution in [0.1, 0.15) is 16.7 Å². The molecule has 0 radical (unpaired) electrons. The van der Waals surface area contributed by atoms with E-state index in [-0.39, 0.29) is 0 Å². The SMILES string of the molecule is Cc1ccc(C#Cc2ccccc2-c2n[nH]c3ccccc23)cc1. The van der Waals surface area contributed by atoms with E-state index in [1.165, 1.54) is 5.56 Å². The minimum atomic E-state index is 0.944. The first-order valence-electron chi connectivity index (χ1n) is 7.92. The number of nitrogens with zero attached hydrogens (tertiary/aromatic N) is 1. The summed E-state index contributed by atoms with van der Waals surface area (Å²) >= 11 is 0. The van der Waals surface area contributed by atoms with Crippen LogP contribution >= 0.6 is 0 Å². The van der Waals surface area contributed by atoms with Crippen LogP contribution in [0.2, 0.25) is 0 Å². The van der Waals surface area contributed by atoms with Gasteiger partial charge in [-0.25, -0.2) is 0 Å². The summed E-state index contributed by atoms with van der Waals surface area (Å²) in [6.45, 7) is 2.08. The monoisotopic (exact) mass is 308 g/mol. The molecule has 4 rings (SSSR count). The maximum Gasteiger partial charge on any atom is 0.101 e. The Morgan fingerprint density at radius 2 is 1.54 bits per heavy atom. The summed E-state index contributed by atoms with van der Waals surface area (Å²) in [7, 11) is 0. The number of aromatic amines is 1. The van der Waals surface area contributed by atoms with Gasteiger partial charge in [-0.05, 0) is 31.2 Å². The van der Waals surface area contributed by atoms with Gasteiger partial charge < -0.3 is 0 Å². The fourth-order valence-electron chi connectivity index (χ4n) is 2.74. The second-order valence-corrected chi connectivity index (χ2v) is 5.78. The highest BCUT2D eigenvalue weighted by molar-refractivity contribution is 5.94. The van der Waals surface area contributed by atoms with Crippen molar-refractivity contribution in [2.24, 2.45) is 0 Å². The molecule has 114 valence electrons. The highest BCUT2D eigenvalue weighted by atomic mass is 15.1. The van der Waals surface area contributed by atoms with E-state index in [9.17, 15) is 0 Å². The third-order valence-electron chi connectivity index (χ3n) is 4.05. The van der Waals surface area contributed by atoms with Crippen LogP contribution in [0.5, 0.6) is 0 Å². The zero-order chi connectivity index (χ0) is 16.4. The normalized spacial score (nSPS) is 10.4. The zero-order valence-electron chi connectivity index (χ0n) is 13.4. The Morgan fingerprint density at radius 3 is 2.42 bits per heavy atom. The Kier molecular flexibility index (Phi) is 3.61. The number of hydrogen-bond acceptors (Lipinski definition) is 1. The molecule has 1 heterocycles. The fourth-order valence-corrected chi connectivity index (χ4v) is 2.74. The molecule has 0 fully saturated rings. The van der Waals surface area contributed by atoms with Crippen LogP contribution in [-0.2, 0) is 0 Å². The fraction of sp³-hybridized carbons (Fsp3) is 0.0455. The molecule has 4 aromatic rings. The third kappa shape index (κ3) is 2.68. The van der Waals surface area contributed by atoms with Gasteiger partial charge in [0, 0.05) is 22.1 Å². The first-order chi connectivity index (χ1) is 11.8. The smallest absolute Gasteiger partial charge is 0.101 e. The number of aryl methyl sites for hydroxylation is 1. The molecular weight excluding hydrogens is 292 g/mol. The van der Waals surface area contributed by atoms with Crippen LogP contribution < -0.4 is 0 Å². The van der Waals surface area contributed by atoms with Crippen molar-refractivity contribution in [3.63, 3.8) is 0 Å². The van der Waals surface area contributed by atoms with E-state index >= 15 is 0 Å². The van der Waals surface area contributed by atoms with E-state index in [1.807, 2.05) is 36.4 Å². The molecule has 2 nitrogen and oxygen atoms in total. The molecule has 0 aliphatic rings. The largest absolute Gasteiger partial charge is 0.277 e. The highest BCUT2D eigenvalue weighted by Gasteiger charge is 2.10. The maximum atomic E-state index is 4.50. The molecule has 0 bridgehead atoms. The maximum absolute atomic E-state index is 4.50. The zero-order valence-corrected chi connectivity index (χ0v) is 13.4. The first kappa shape index (κ1) is 14.3. The van der Waals surface area contributed by atoms with Gasteiger partial charge in [-0.2, -0.15) is 5.10 Å². The summed E-state index contributed by atoms with van der Waals surface area (Å²) in [6.07, 6.45) is 0. The number of benzene rings is 3. The lowest BCUT2D eigenvalue weighted by Crippen LogP contribution is -1.85. The Morgan fingerprint density at radius 1 is 0.792 bits per heavy atom. The van der Waals surface area contributed by atoms with E-state index in [2.05, 4.69) is 65.4 Å². The van der Waals surface area contributed by atoms with Gasteiger partial charge in [0.05, 0.1) is 5.52 Å². The minimum Gasteiger partial charge on any atom is -0.277 e. The van der Waals surface area contributed by atoms with Crippen molar-refractivity contribution < 1.29 is 0 Å². The number of hydrogen-bond donors (Lipinski definition) is 1.